The van der Waals surface area contributed by atoms with Gasteiger partial charge >= 0.3 is 0 Å². The van der Waals surface area contributed by atoms with Crippen LogP contribution in [0.4, 0.5) is 11.6 Å². The van der Waals surface area contributed by atoms with Crippen molar-refractivity contribution in [1.82, 2.24) is 39.2 Å². The number of nitrogen functional groups attached to an aromatic ring is 1. The third kappa shape index (κ3) is 4.55. The molecule has 0 bridgehead atoms. The standard InChI is InChI=1S/C32H32N10O3/c1-32(21-10-5-4-6-11-21,30(44)40-17-15-39(16-18-40)24-13-8-7-12-22(24)29(43)38(2)3)42-28-23(20-34-42)27-35-26(25-14-9-19-45-25)37-41(27)31(33)36-28/h4-14,19-20H,15-18H2,1-3H3,(H2,33,36). The highest BCUT2D eigenvalue weighted by molar-refractivity contribution is 5.99. The molecule has 0 spiro atoms. The first kappa shape index (κ1) is 28.1. The minimum atomic E-state index is -1.26. The van der Waals surface area contributed by atoms with Crippen molar-refractivity contribution in [2.24, 2.45) is 0 Å². The molecule has 0 saturated carbocycles. The molecular formula is C32H32N10O3. The van der Waals surface area contributed by atoms with E-state index in [4.69, 9.17) is 15.2 Å². The van der Waals surface area contributed by atoms with Crippen LogP contribution in [0.5, 0.6) is 0 Å². The molecule has 7 rings (SSSR count). The predicted octanol–water partition coefficient (Wildman–Crippen LogP) is 3.13. The fraction of sp³-hybridized carbons (Fsp3) is 0.250. The summed E-state index contributed by atoms with van der Waals surface area (Å²) >= 11 is 0. The molecule has 4 aromatic heterocycles. The topological polar surface area (TPSA) is 144 Å². The molecule has 45 heavy (non-hydrogen) atoms. The van der Waals surface area contributed by atoms with Crippen LogP contribution in [-0.4, -0.2) is 91.3 Å². The molecule has 1 saturated heterocycles. The lowest BCUT2D eigenvalue weighted by Crippen LogP contribution is -2.56. The fourth-order valence-electron chi connectivity index (χ4n) is 5.98. The van der Waals surface area contributed by atoms with E-state index in [9.17, 15) is 9.59 Å². The van der Waals surface area contributed by atoms with Crippen LogP contribution in [0.15, 0.2) is 83.6 Å². The van der Waals surface area contributed by atoms with Gasteiger partial charge in [-0.05, 0) is 36.8 Å². The predicted molar refractivity (Wildman–Crippen MR) is 169 cm³/mol. The number of nitrogens with zero attached hydrogens (tertiary/aromatic N) is 9. The molecular weight excluding hydrogens is 572 g/mol. The smallest absolute Gasteiger partial charge is 0.255 e. The number of rotatable bonds is 6. The zero-order valence-electron chi connectivity index (χ0n) is 25.2. The lowest BCUT2D eigenvalue weighted by molar-refractivity contribution is -0.138. The van der Waals surface area contributed by atoms with Crippen LogP contribution in [0.2, 0.25) is 0 Å². The molecule has 13 heteroatoms. The highest BCUT2D eigenvalue weighted by atomic mass is 16.3. The lowest BCUT2D eigenvalue weighted by atomic mass is 9.90. The van der Waals surface area contributed by atoms with Crippen molar-refractivity contribution in [3.05, 3.63) is 90.3 Å². The molecule has 13 nitrogen and oxygen atoms in total. The van der Waals surface area contributed by atoms with Gasteiger partial charge in [0.2, 0.25) is 11.8 Å². The van der Waals surface area contributed by atoms with E-state index in [1.807, 2.05) is 66.4 Å². The number of carbonyl (C=O) groups excluding carboxylic acids is 2. The average molecular weight is 605 g/mol. The van der Waals surface area contributed by atoms with Gasteiger partial charge in [-0.25, -0.2) is 9.67 Å². The summed E-state index contributed by atoms with van der Waals surface area (Å²) in [6.45, 7) is 3.90. The molecule has 6 aromatic rings. The van der Waals surface area contributed by atoms with Gasteiger partial charge in [0.25, 0.3) is 11.8 Å². The fourth-order valence-corrected chi connectivity index (χ4v) is 5.98. The van der Waals surface area contributed by atoms with Crippen molar-refractivity contribution in [2.45, 2.75) is 12.5 Å². The molecule has 1 atom stereocenters. The van der Waals surface area contributed by atoms with Crippen molar-refractivity contribution in [2.75, 3.05) is 50.9 Å². The van der Waals surface area contributed by atoms with E-state index in [0.29, 0.717) is 60.0 Å². The van der Waals surface area contributed by atoms with Crippen molar-refractivity contribution in [3.8, 4) is 11.6 Å². The Morgan fingerprint density at radius 1 is 0.911 bits per heavy atom. The van der Waals surface area contributed by atoms with Crippen LogP contribution in [0.1, 0.15) is 22.8 Å². The molecule has 2 amide bonds. The van der Waals surface area contributed by atoms with Crippen LogP contribution in [0.25, 0.3) is 28.3 Å². The summed E-state index contributed by atoms with van der Waals surface area (Å²) in [4.78, 5) is 42.4. The molecule has 228 valence electrons. The van der Waals surface area contributed by atoms with E-state index < -0.39 is 5.54 Å². The van der Waals surface area contributed by atoms with E-state index in [0.717, 1.165) is 11.3 Å². The maximum absolute atomic E-state index is 14.7. The van der Waals surface area contributed by atoms with Gasteiger partial charge in [-0.1, -0.05) is 42.5 Å². The van der Waals surface area contributed by atoms with Gasteiger partial charge in [0.15, 0.2) is 22.6 Å². The zero-order valence-corrected chi connectivity index (χ0v) is 25.2. The largest absolute Gasteiger partial charge is 0.461 e. The number of benzene rings is 2. The van der Waals surface area contributed by atoms with Crippen molar-refractivity contribution in [1.29, 1.82) is 0 Å². The van der Waals surface area contributed by atoms with Gasteiger partial charge in [-0.3, -0.25) is 9.59 Å². The molecule has 2 aromatic carbocycles. The van der Waals surface area contributed by atoms with E-state index in [1.165, 1.54) is 4.52 Å². The number of piperazine rings is 1. The summed E-state index contributed by atoms with van der Waals surface area (Å²) in [5, 5.41) is 9.81. The molecule has 0 aliphatic carbocycles. The molecule has 1 aliphatic heterocycles. The number of aromatic nitrogens is 6. The molecule has 2 N–H and O–H groups in total. The number of hydrogen-bond donors (Lipinski definition) is 1. The van der Waals surface area contributed by atoms with Gasteiger partial charge < -0.3 is 24.9 Å². The molecule has 1 fully saturated rings. The second-order valence-electron chi connectivity index (χ2n) is 11.3. The Balaban J connectivity index is 1.25. The Hall–Kier alpha value is -5.72. The SMILES string of the molecule is CN(C)C(=O)c1ccccc1N1CCN(C(=O)C(C)(c2ccccc2)n2ncc3c2nc(N)n2nc(-c4ccco4)nc32)CC1. The molecule has 1 aliphatic rings. The maximum Gasteiger partial charge on any atom is 0.255 e. The van der Waals surface area contributed by atoms with Gasteiger partial charge in [-0.15, -0.1) is 5.10 Å². The summed E-state index contributed by atoms with van der Waals surface area (Å²) in [6.07, 6.45) is 3.19. The first-order chi connectivity index (χ1) is 21.8. The summed E-state index contributed by atoms with van der Waals surface area (Å²) in [5.41, 5.74) is 8.25. The van der Waals surface area contributed by atoms with Crippen LogP contribution in [-0.2, 0) is 10.3 Å². The Kier molecular flexibility index (Phi) is 6.72. The Morgan fingerprint density at radius 3 is 2.36 bits per heavy atom. The van der Waals surface area contributed by atoms with Crippen LogP contribution in [0, 0.1) is 0 Å². The Morgan fingerprint density at radius 2 is 1.64 bits per heavy atom. The number of para-hydroxylation sites is 1. The lowest BCUT2D eigenvalue weighted by Gasteiger charge is -2.41. The minimum absolute atomic E-state index is 0.0591. The molecule has 1 unspecified atom stereocenters. The normalized spacial score (nSPS) is 15.0. The zero-order chi connectivity index (χ0) is 31.3. The number of fused-ring (bicyclic) bond motifs is 3. The molecule has 5 heterocycles. The number of hydrogen-bond acceptors (Lipinski definition) is 9. The maximum atomic E-state index is 14.7. The number of amides is 2. The summed E-state index contributed by atoms with van der Waals surface area (Å²) in [6, 6.07) is 20.7. The van der Waals surface area contributed by atoms with E-state index in [1.54, 1.807) is 48.3 Å². The van der Waals surface area contributed by atoms with Crippen molar-refractivity contribution in [3.63, 3.8) is 0 Å². The van der Waals surface area contributed by atoms with E-state index >= 15 is 0 Å². The number of furan rings is 1. The minimum Gasteiger partial charge on any atom is -0.461 e. The number of carbonyl (C=O) groups is 2. The van der Waals surface area contributed by atoms with E-state index in [-0.39, 0.29) is 17.8 Å². The third-order valence-electron chi connectivity index (χ3n) is 8.40. The van der Waals surface area contributed by atoms with Gasteiger partial charge in [0.1, 0.15) is 0 Å². The monoisotopic (exact) mass is 604 g/mol. The average Bonchev–Trinajstić information content (AvgIpc) is 3.85. The summed E-state index contributed by atoms with van der Waals surface area (Å²) in [7, 11) is 3.49. The third-order valence-corrected chi connectivity index (χ3v) is 8.40. The van der Waals surface area contributed by atoms with Crippen LogP contribution >= 0.6 is 0 Å². The van der Waals surface area contributed by atoms with Crippen LogP contribution < -0.4 is 10.6 Å². The van der Waals surface area contributed by atoms with Gasteiger partial charge in [0, 0.05) is 46.0 Å². The highest BCUT2D eigenvalue weighted by Crippen LogP contribution is 2.34. The first-order valence-corrected chi connectivity index (χ1v) is 14.6. The second kappa shape index (κ2) is 10.8. The quantitative estimate of drug-likeness (QED) is 0.303. The summed E-state index contributed by atoms with van der Waals surface area (Å²) < 4.78 is 8.57. The first-order valence-electron chi connectivity index (χ1n) is 14.6. The van der Waals surface area contributed by atoms with Crippen molar-refractivity contribution >= 4 is 40.1 Å². The second-order valence-corrected chi connectivity index (χ2v) is 11.3. The summed E-state index contributed by atoms with van der Waals surface area (Å²) in [5.74, 6) is 0.773. The van der Waals surface area contributed by atoms with E-state index in [2.05, 4.69) is 20.0 Å². The van der Waals surface area contributed by atoms with Crippen LogP contribution in [0.3, 0.4) is 0 Å². The Labute approximate surface area is 258 Å². The van der Waals surface area contributed by atoms with Crippen molar-refractivity contribution < 1.29 is 14.0 Å². The van der Waals surface area contributed by atoms with Gasteiger partial charge in [-0.2, -0.15) is 14.6 Å². The highest BCUT2D eigenvalue weighted by Gasteiger charge is 2.43. The van der Waals surface area contributed by atoms with Gasteiger partial charge in [0.05, 0.1) is 23.4 Å². The molecule has 0 radical (unpaired) electrons. The number of anilines is 2. The Bertz CT molecular complexity index is 2020. The number of nitrogens with two attached hydrogens (primary N) is 1.